The third kappa shape index (κ3) is 3.95. The average Bonchev–Trinajstić information content (AvgIpc) is 2.17. The number of methoxy groups -OCH3 is 1. The number of ether oxygens (including phenoxy) is 1. The van der Waals surface area contributed by atoms with Crippen LogP contribution in [0.1, 0.15) is 39.0 Å². The highest BCUT2D eigenvalue weighted by molar-refractivity contribution is 4.86. The second-order valence-electron chi connectivity index (χ2n) is 4.61. The molecular weight excluding hydrogens is 178 g/mol. The molecule has 0 radical (unpaired) electrons. The van der Waals surface area contributed by atoms with Crippen LogP contribution in [0.4, 0.5) is 0 Å². The predicted molar refractivity (Wildman–Crippen MR) is 57.4 cm³/mol. The fourth-order valence-electron chi connectivity index (χ4n) is 2.12. The van der Waals surface area contributed by atoms with E-state index in [0.717, 1.165) is 0 Å². The van der Waals surface area contributed by atoms with Gasteiger partial charge in [0.15, 0.2) is 0 Å². The van der Waals surface area contributed by atoms with Gasteiger partial charge in [0.2, 0.25) is 0 Å². The Bertz CT molecular complexity index is 155. The average molecular weight is 201 g/mol. The van der Waals surface area contributed by atoms with E-state index >= 15 is 0 Å². The third-order valence-electron chi connectivity index (χ3n) is 3.08. The van der Waals surface area contributed by atoms with Crippen LogP contribution in [-0.4, -0.2) is 37.0 Å². The number of nitrogens with one attached hydrogen (secondary N) is 1. The van der Waals surface area contributed by atoms with Crippen molar-refractivity contribution in [3.63, 3.8) is 0 Å². The van der Waals surface area contributed by atoms with E-state index in [9.17, 15) is 5.11 Å². The first-order valence-electron chi connectivity index (χ1n) is 5.58. The molecule has 0 aliphatic heterocycles. The molecule has 0 saturated heterocycles. The van der Waals surface area contributed by atoms with E-state index < -0.39 is 0 Å². The number of hydrogen-bond donors (Lipinski definition) is 2. The third-order valence-corrected chi connectivity index (χ3v) is 3.08. The molecule has 3 nitrogen and oxygen atoms in total. The maximum absolute atomic E-state index is 9.51. The highest BCUT2D eigenvalue weighted by atomic mass is 16.5. The summed E-state index contributed by atoms with van der Waals surface area (Å²) in [6.45, 7) is 3.32. The van der Waals surface area contributed by atoms with Gasteiger partial charge in [-0.1, -0.05) is 19.3 Å². The first-order chi connectivity index (χ1) is 6.66. The molecule has 0 aromatic rings. The first-order valence-corrected chi connectivity index (χ1v) is 5.58. The van der Waals surface area contributed by atoms with Crippen LogP contribution in [0.3, 0.4) is 0 Å². The second kappa shape index (κ2) is 5.69. The molecule has 1 atom stereocenters. The monoisotopic (exact) mass is 201 g/mol. The smallest absolute Gasteiger partial charge is 0.0897 e. The van der Waals surface area contributed by atoms with E-state index in [1.54, 1.807) is 7.11 Å². The van der Waals surface area contributed by atoms with Gasteiger partial charge >= 0.3 is 0 Å². The molecule has 2 N–H and O–H groups in total. The summed E-state index contributed by atoms with van der Waals surface area (Å²) < 4.78 is 4.89. The second-order valence-corrected chi connectivity index (χ2v) is 4.61. The van der Waals surface area contributed by atoms with Crippen molar-refractivity contribution in [1.29, 1.82) is 0 Å². The van der Waals surface area contributed by atoms with Crippen LogP contribution in [0.5, 0.6) is 0 Å². The molecule has 1 fully saturated rings. The Morgan fingerprint density at radius 3 is 2.57 bits per heavy atom. The van der Waals surface area contributed by atoms with Crippen LogP contribution in [0.25, 0.3) is 0 Å². The van der Waals surface area contributed by atoms with Gasteiger partial charge < -0.3 is 15.2 Å². The Balaban J connectivity index is 2.21. The zero-order chi connectivity index (χ0) is 10.4. The molecule has 0 heterocycles. The molecule has 1 aliphatic rings. The molecule has 3 heteroatoms. The van der Waals surface area contributed by atoms with Gasteiger partial charge in [0.05, 0.1) is 12.7 Å². The maximum Gasteiger partial charge on any atom is 0.0897 e. The highest BCUT2D eigenvalue weighted by Crippen LogP contribution is 2.27. The zero-order valence-corrected chi connectivity index (χ0v) is 9.38. The Hall–Kier alpha value is -0.120. The predicted octanol–water partition coefficient (Wildman–Crippen LogP) is 1.31. The molecule has 0 bridgehead atoms. The lowest BCUT2D eigenvalue weighted by Crippen LogP contribution is -2.47. The minimum atomic E-state index is -0.376. The molecule has 84 valence electrons. The van der Waals surface area contributed by atoms with Crippen LogP contribution >= 0.6 is 0 Å². The molecular formula is C11H23NO2. The van der Waals surface area contributed by atoms with Crippen LogP contribution < -0.4 is 5.32 Å². The topological polar surface area (TPSA) is 41.5 Å². The summed E-state index contributed by atoms with van der Waals surface area (Å²) in [5.74, 6) is 0. The molecule has 1 unspecified atom stereocenters. The van der Waals surface area contributed by atoms with Crippen molar-refractivity contribution in [1.82, 2.24) is 5.32 Å². The number of rotatable bonds is 5. The number of aliphatic hydroxyl groups excluding tert-OH is 1. The van der Waals surface area contributed by atoms with E-state index in [-0.39, 0.29) is 11.6 Å². The zero-order valence-electron chi connectivity index (χ0n) is 9.38. The van der Waals surface area contributed by atoms with Gasteiger partial charge in [-0.3, -0.25) is 0 Å². The molecule has 1 aliphatic carbocycles. The molecule has 1 saturated carbocycles. The summed E-state index contributed by atoms with van der Waals surface area (Å²) in [7, 11) is 1.62. The highest BCUT2D eigenvalue weighted by Gasteiger charge is 2.26. The van der Waals surface area contributed by atoms with Crippen molar-refractivity contribution in [3.8, 4) is 0 Å². The standard InChI is InChI=1S/C11H23NO2/c1-11(6-4-3-5-7-11)12-8-10(13)9-14-2/h10,12-13H,3-9H2,1-2H3. The molecule has 0 amide bonds. The van der Waals surface area contributed by atoms with Gasteiger partial charge in [0.1, 0.15) is 0 Å². The van der Waals surface area contributed by atoms with Crippen molar-refractivity contribution in [2.24, 2.45) is 0 Å². The lowest BCUT2D eigenvalue weighted by atomic mass is 9.83. The van der Waals surface area contributed by atoms with Gasteiger partial charge in [-0.25, -0.2) is 0 Å². The molecule has 0 aromatic heterocycles. The molecule has 1 rings (SSSR count). The lowest BCUT2D eigenvalue weighted by molar-refractivity contribution is 0.0566. The minimum absolute atomic E-state index is 0.243. The fraction of sp³-hybridized carbons (Fsp3) is 1.00. The summed E-state index contributed by atoms with van der Waals surface area (Å²) in [6, 6.07) is 0. The van der Waals surface area contributed by atoms with Gasteiger partial charge in [0, 0.05) is 19.2 Å². The Morgan fingerprint density at radius 2 is 2.00 bits per heavy atom. The maximum atomic E-state index is 9.51. The van der Waals surface area contributed by atoms with Crippen molar-refractivity contribution < 1.29 is 9.84 Å². The van der Waals surface area contributed by atoms with Gasteiger partial charge in [-0.05, 0) is 19.8 Å². The summed E-state index contributed by atoms with van der Waals surface area (Å²) in [5, 5.41) is 13.0. The summed E-state index contributed by atoms with van der Waals surface area (Å²) >= 11 is 0. The van der Waals surface area contributed by atoms with Gasteiger partial charge in [-0.2, -0.15) is 0 Å². The Kier molecular flexibility index (Phi) is 4.85. The van der Waals surface area contributed by atoms with E-state index in [1.165, 1.54) is 32.1 Å². The van der Waals surface area contributed by atoms with E-state index in [2.05, 4.69) is 12.2 Å². The Morgan fingerprint density at radius 1 is 1.36 bits per heavy atom. The summed E-state index contributed by atoms with van der Waals surface area (Å²) in [6.07, 6.45) is 6.06. The number of β-amino-alcohol motifs (C(OH)–C–C–N with tert-alkyl or cyclic N) is 1. The lowest BCUT2D eigenvalue weighted by Gasteiger charge is -2.35. The quantitative estimate of drug-likeness (QED) is 0.704. The number of aliphatic hydroxyl groups is 1. The fourth-order valence-corrected chi connectivity index (χ4v) is 2.12. The SMILES string of the molecule is COCC(O)CNC1(C)CCCCC1. The van der Waals surface area contributed by atoms with Gasteiger partial charge in [-0.15, -0.1) is 0 Å². The summed E-state index contributed by atoms with van der Waals surface area (Å²) in [4.78, 5) is 0. The largest absolute Gasteiger partial charge is 0.389 e. The van der Waals surface area contributed by atoms with E-state index in [0.29, 0.717) is 13.2 Å². The molecule has 14 heavy (non-hydrogen) atoms. The van der Waals surface area contributed by atoms with Crippen molar-refractivity contribution in [2.45, 2.75) is 50.7 Å². The molecule has 0 aromatic carbocycles. The van der Waals surface area contributed by atoms with E-state index in [4.69, 9.17) is 4.74 Å². The van der Waals surface area contributed by atoms with Crippen molar-refractivity contribution >= 4 is 0 Å². The van der Waals surface area contributed by atoms with Crippen molar-refractivity contribution in [2.75, 3.05) is 20.3 Å². The normalized spacial score (nSPS) is 23.4. The van der Waals surface area contributed by atoms with Crippen LogP contribution in [0.2, 0.25) is 0 Å². The van der Waals surface area contributed by atoms with Crippen LogP contribution in [0.15, 0.2) is 0 Å². The van der Waals surface area contributed by atoms with E-state index in [1.807, 2.05) is 0 Å². The van der Waals surface area contributed by atoms with Crippen LogP contribution in [0, 0.1) is 0 Å². The number of hydrogen-bond acceptors (Lipinski definition) is 3. The summed E-state index contributed by atoms with van der Waals surface area (Å²) in [5.41, 5.74) is 0.243. The first kappa shape index (κ1) is 12.0. The molecule has 0 spiro atoms. The Labute approximate surface area is 86.8 Å². The van der Waals surface area contributed by atoms with Crippen molar-refractivity contribution in [3.05, 3.63) is 0 Å². The minimum Gasteiger partial charge on any atom is -0.389 e. The van der Waals surface area contributed by atoms with Gasteiger partial charge in [0.25, 0.3) is 0 Å². The van der Waals surface area contributed by atoms with Crippen LogP contribution in [-0.2, 0) is 4.74 Å².